The Hall–Kier alpha value is -5.38. The molecule has 2 aliphatic carbocycles. The molecule has 4 aliphatic rings. The lowest BCUT2D eigenvalue weighted by Crippen LogP contribution is -2.49. The molecule has 0 spiro atoms. The van der Waals surface area contributed by atoms with Crippen molar-refractivity contribution in [3.8, 4) is 5.75 Å². The van der Waals surface area contributed by atoms with Gasteiger partial charge in [-0.3, -0.25) is 29.3 Å². The van der Waals surface area contributed by atoms with E-state index in [0.29, 0.717) is 23.2 Å². The predicted octanol–water partition coefficient (Wildman–Crippen LogP) is 5.46. The minimum atomic E-state index is -1.29. The van der Waals surface area contributed by atoms with E-state index in [1.54, 1.807) is 61.5 Å². The van der Waals surface area contributed by atoms with Crippen molar-refractivity contribution in [2.75, 3.05) is 9.80 Å². The number of amides is 4. The van der Waals surface area contributed by atoms with E-state index in [9.17, 15) is 34.4 Å². The highest BCUT2D eigenvalue weighted by Crippen LogP contribution is 2.64. The molecule has 7 rings (SSSR count). The minimum absolute atomic E-state index is 0.00139. The molecule has 10 nitrogen and oxygen atoms in total. The highest BCUT2D eigenvalue weighted by molar-refractivity contribution is 6.25. The maximum atomic E-state index is 14.5. The summed E-state index contributed by atoms with van der Waals surface area (Å²) in [5.74, 6) is -5.49. The van der Waals surface area contributed by atoms with Crippen LogP contribution in [0.2, 0.25) is 0 Å². The Labute approximate surface area is 264 Å². The quantitative estimate of drug-likeness (QED) is 0.168. The predicted molar refractivity (Wildman–Crippen MR) is 169 cm³/mol. The number of rotatable bonds is 6. The molecule has 0 radical (unpaired) electrons. The molecule has 0 aromatic heterocycles. The van der Waals surface area contributed by atoms with Crippen molar-refractivity contribution in [1.82, 2.24) is 0 Å². The summed E-state index contributed by atoms with van der Waals surface area (Å²) in [5, 5.41) is 23.1. The Bertz CT molecular complexity index is 1890. The van der Waals surface area contributed by atoms with Gasteiger partial charge in [-0.2, -0.15) is 0 Å². The first kappa shape index (κ1) is 29.3. The van der Waals surface area contributed by atoms with Crippen LogP contribution in [0.5, 0.6) is 5.75 Å². The van der Waals surface area contributed by atoms with Gasteiger partial charge in [-0.15, -0.1) is 6.58 Å². The number of fused-ring (bicyclic) bond motifs is 4. The third-order valence-electron chi connectivity index (χ3n) is 10.4. The lowest BCUT2D eigenvalue weighted by atomic mass is 9.51. The lowest BCUT2D eigenvalue weighted by Gasteiger charge is -2.49. The number of phenols is 1. The van der Waals surface area contributed by atoms with Crippen molar-refractivity contribution in [3.05, 3.63) is 118 Å². The third kappa shape index (κ3) is 4.02. The number of carbonyl (C=O) groups excluding carboxylic acids is 4. The van der Waals surface area contributed by atoms with Crippen LogP contribution in [0.4, 0.5) is 17.1 Å². The van der Waals surface area contributed by atoms with Gasteiger partial charge in [0.1, 0.15) is 5.75 Å². The summed E-state index contributed by atoms with van der Waals surface area (Å²) < 4.78 is 0. The van der Waals surface area contributed by atoms with E-state index in [1.807, 2.05) is 6.08 Å². The number of carbonyl (C=O) groups is 4. The van der Waals surface area contributed by atoms with Crippen molar-refractivity contribution in [3.63, 3.8) is 0 Å². The fourth-order valence-electron chi connectivity index (χ4n) is 8.35. The lowest BCUT2D eigenvalue weighted by molar-refractivity contribution is -0.384. The molecule has 0 bridgehead atoms. The molecule has 1 N–H and O–H groups in total. The molecular formula is C36H31N3O7. The van der Waals surface area contributed by atoms with Crippen LogP contribution in [0.1, 0.15) is 36.8 Å². The average Bonchev–Trinajstić information content (AvgIpc) is 3.42. The van der Waals surface area contributed by atoms with Crippen LogP contribution in [0.25, 0.3) is 0 Å². The van der Waals surface area contributed by atoms with Crippen LogP contribution >= 0.6 is 0 Å². The smallest absolute Gasteiger partial charge is 0.271 e. The van der Waals surface area contributed by atoms with Crippen molar-refractivity contribution < 1.29 is 29.2 Å². The van der Waals surface area contributed by atoms with Crippen molar-refractivity contribution in [2.24, 2.45) is 29.1 Å². The first-order valence-electron chi connectivity index (χ1n) is 15.3. The highest BCUT2D eigenvalue weighted by Gasteiger charge is 2.68. The zero-order valence-electron chi connectivity index (χ0n) is 25.0. The number of nitrogens with zero attached hydrogens (tertiary/aromatic N) is 3. The van der Waals surface area contributed by atoms with E-state index in [1.165, 1.54) is 29.2 Å². The summed E-state index contributed by atoms with van der Waals surface area (Å²) in [5.41, 5.74) is 0.854. The van der Waals surface area contributed by atoms with Gasteiger partial charge in [-0.1, -0.05) is 60.2 Å². The third-order valence-corrected chi connectivity index (χ3v) is 10.4. The number of nitro benzene ring substituents is 1. The van der Waals surface area contributed by atoms with E-state index in [4.69, 9.17) is 0 Å². The number of allylic oxidation sites excluding steroid dienone is 3. The number of benzene rings is 3. The normalized spacial score (nSPS) is 28.5. The van der Waals surface area contributed by atoms with E-state index in [2.05, 4.69) is 6.58 Å². The standard InChI is InChI=1S/C36H31N3O7/c1-3-9-20-10-7-15-26(31(20)40)30-24-16-17-25-29(34(43)37(32(25)41)22-13-8-14-23(18-22)39(45)46)27(24)19-28-33(42)38(35(44)36(28,30)2)21-11-5-4-6-12-21/h3-8,10-16,18,25,27-30,40H,1,9,17,19H2,2H3. The maximum absolute atomic E-state index is 14.5. The number of hydrogen-bond acceptors (Lipinski definition) is 7. The average molecular weight is 618 g/mol. The van der Waals surface area contributed by atoms with Gasteiger partial charge in [-0.25, -0.2) is 9.80 Å². The zero-order chi connectivity index (χ0) is 32.5. The van der Waals surface area contributed by atoms with Crippen LogP contribution in [-0.2, 0) is 25.6 Å². The molecule has 3 aromatic rings. The van der Waals surface area contributed by atoms with Gasteiger partial charge in [0.25, 0.3) is 5.69 Å². The van der Waals surface area contributed by atoms with Crippen LogP contribution in [0.3, 0.4) is 0 Å². The number of phenolic OH excluding ortho intramolecular Hbond substituents is 1. The summed E-state index contributed by atoms with van der Waals surface area (Å²) in [6.07, 6.45) is 4.32. The topological polar surface area (TPSA) is 138 Å². The van der Waals surface area contributed by atoms with E-state index < -0.39 is 51.7 Å². The number of para-hydroxylation sites is 2. The number of anilines is 2. The first-order chi connectivity index (χ1) is 22.1. The summed E-state index contributed by atoms with van der Waals surface area (Å²) in [6, 6.07) is 19.5. The highest BCUT2D eigenvalue weighted by atomic mass is 16.6. The molecule has 1 saturated carbocycles. The molecule has 2 saturated heterocycles. The van der Waals surface area contributed by atoms with Gasteiger partial charge in [0.2, 0.25) is 23.6 Å². The molecule has 2 heterocycles. The van der Waals surface area contributed by atoms with Crippen molar-refractivity contribution in [1.29, 1.82) is 0 Å². The molecule has 3 aromatic carbocycles. The summed E-state index contributed by atoms with van der Waals surface area (Å²) in [6.45, 7) is 5.57. The fourth-order valence-corrected chi connectivity index (χ4v) is 8.35. The van der Waals surface area contributed by atoms with Gasteiger partial charge in [0.05, 0.1) is 39.5 Å². The second-order valence-electron chi connectivity index (χ2n) is 12.6. The number of imide groups is 2. The van der Waals surface area contributed by atoms with E-state index in [-0.39, 0.29) is 41.8 Å². The molecule has 4 amide bonds. The SMILES string of the molecule is C=CCc1cccc(C2C3=CCC4C(=O)N(c5cccc([N+](=O)[O-])c5)C(=O)C4C3CC3C(=O)N(c4ccccc4)C(=O)C32C)c1O. The monoisotopic (exact) mass is 617 g/mol. The van der Waals surface area contributed by atoms with Gasteiger partial charge in [-0.05, 0) is 55.9 Å². The van der Waals surface area contributed by atoms with Gasteiger partial charge in [0, 0.05) is 23.6 Å². The molecule has 46 heavy (non-hydrogen) atoms. The number of non-ortho nitro benzene ring substituents is 1. The minimum Gasteiger partial charge on any atom is -0.507 e. The molecule has 232 valence electrons. The van der Waals surface area contributed by atoms with Gasteiger partial charge in [0.15, 0.2) is 0 Å². The largest absolute Gasteiger partial charge is 0.507 e. The Morgan fingerprint density at radius 2 is 1.65 bits per heavy atom. The Morgan fingerprint density at radius 1 is 0.935 bits per heavy atom. The number of hydrogen-bond donors (Lipinski definition) is 1. The Kier molecular flexibility index (Phi) is 6.77. The van der Waals surface area contributed by atoms with Crippen LogP contribution in [-0.4, -0.2) is 33.7 Å². The second-order valence-corrected chi connectivity index (χ2v) is 12.6. The molecule has 10 heteroatoms. The molecule has 6 atom stereocenters. The van der Waals surface area contributed by atoms with Gasteiger partial charge >= 0.3 is 0 Å². The van der Waals surface area contributed by atoms with Crippen LogP contribution in [0, 0.1) is 39.2 Å². The summed E-state index contributed by atoms with van der Waals surface area (Å²) in [7, 11) is 0. The Balaban J connectivity index is 1.38. The molecule has 6 unspecified atom stereocenters. The van der Waals surface area contributed by atoms with Crippen molar-refractivity contribution in [2.45, 2.75) is 32.1 Å². The van der Waals surface area contributed by atoms with E-state index >= 15 is 0 Å². The summed E-state index contributed by atoms with van der Waals surface area (Å²) >= 11 is 0. The molecule has 2 aliphatic heterocycles. The van der Waals surface area contributed by atoms with Gasteiger partial charge < -0.3 is 5.11 Å². The van der Waals surface area contributed by atoms with Crippen LogP contribution < -0.4 is 9.80 Å². The van der Waals surface area contributed by atoms with E-state index in [0.717, 1.165) is 10.5 Å². The maximum Gasteiger partial charge on any atom is 0.271 e. The molecular weight excluding hydrogens is 586 g/mol. The fraction of sp³-hybridized carbons (Fsp3) is 0.278. The number of nitro groups is 1. The number of aromatic hydroxyl groups is 1. The zero-order valence-corrected chi connectivity index (χ0v) is 25.0. The van der Waals surface area contributed by atoms with Crippen LogP contribution in [0.15, 0.2) is 97.1 Å². The second kappa shape index (κ2) is 10.6. The molecule has 3 fully saturated rings. The van der Waals surface area contributed by atoms with Crippen molar-refractivity contribution >= 4 is 40.7 Å². The summed E-state index contributed by atoms with van der Waals surface area (Å²) in [4.78, 5) is 70.0. The Morgan fingerprint density at radius 3 is 2.37 bits per heavy atom. The first-order valence-corrected chi connectivity index (χ1v) is 15.3.